The molecule has 0 saturated carbocycles. The average Bonchev–Trinajstić information content (AvgIpc) is 2.92. The van der Waals surface area contributed by atoms with Crippen molar-refractivity contribution < 1.29 is 32.6 Å². The van der Waals surface area contributed by atoms with Crippen molar-refractivity contribution in [2.24, 2.45) is 0 Å². The minimum Gasteiger partial charge on any atom is -0.476 e. The molecule has 0 fully saturated rings. The molecule has 0 saturated heterocycles. The second kappa shape index (κ2) is 11.0. The number of aromatic amines is 1. The van der Waals surface area contributed by atoms with E-state index in [1.807, 2.05) is 4.98 Å². The fraction of sp³-hybridized carbons (Fsp3) is 0.148. The summed E-state index contributed by atoms with van der Waals surface area (Å²) in [5, 5.41) is 12.5. The molecule has 1 aliphatic rings. The largest absolute Gasteiger partial charge is 0.476 e. The standard InChI is InChI=1S/C27H17Cl2F3N4O6/c28-19-10-16(36-26(41)33-23(37)21(34-36)25(39)40)11-20(29)22(19)42-17-4-5-18-14(9-17)6-7-35(24(18)38)12-13-2-1-3-15(8-13)27(30,31)32/h1-5,8-11H,6-7,12H2,(H,39,40)(H,33,37,41). The van der Waals surface area contributed by atoms with Crippen molar-refractivity contribution in [3.8, 4) is 17.2 Å². The highest BCUT2D eigenvalue weighted by Gasteiger charge is 2.31. The van der Waals surface area contributed by atoms with Crippen molar-refractivity contribution in [2.75, 3.05) is 6.54 Å². The second-order valence-electron chi connectivity index (χ2n) is 9.16. The highest BCUT2D eigenvalue weighted by Crippen LogP contribution is 2.39. The van der Waals surface area contributed by atoms with E-state index < -0.39 is 34.7 Å². The molecule has 0 spiro atoms. The van der Waals surface area contributed by atoms with E-state index in [1.165, 1.54) is 41.3 Å². The van der Waals surface area contributed by atoms with Gasteiger partial charge >= 0.3 is 17.8 Å². The zero-order valence-electron chi connectivity index (χ0n) is 21.0. The van der Waals surface area contributed by atoms with Crippen molar-refractivity contribution in [1.29, 1.82) is 0 Å². The summed E-state index contributed by atoms with van der Waals surface area (Å²) in [6.07, 6.45) is -4.08. The van der Waals surface area contributed by atoms with Gasteiger partial charge in [0.25, 0.3) is 11.5 Å². The molecule has 5 rings (SSSR count). The molecule has 1 aromatic heterocycles. The maximum absolute atomic E-state index is 13.1. The van der Waals surface area contributed by atoms with Gasteiger partial charge in [0.2, 0.25) is 5.69 Å². The second-order valence-corrected chi connectivity index (χ2v) is 9.97. The van der Waals surface area contributed by atoms with Crippen LogP contribution in [0.3, 0.4) is 0 Å². The Morgan fingerprint density at radius 2 is 1.76 bits per heavy atom. The number of hydrogen-bond donors (Lipinski definition) is 2. The van der Waals surface area contributed by atoms with Crippen molar-refractivity contribution in [3.05, 3.63) is 113 Å². The molecule has 0 unspecified atom stereocenters. The zero-order chi connectivity index (χ0) is 30.3. The van der Waals surface area contributed by atoms with E-state index in [-0.39, 0.29) is 46.2 Å². The molecule has 3 aromatic carbocycles. The Bertz CT molecular complexity index is 1850. The molecule has 2 N–H and O–H groups in total. The summed E-state index contributed by atoms with van der Waals surface area (Å²) in [5.74, 6) is -1.73. The summed E-state index contributed by atoms with van der Waals surface area (Å²) in [7, 11) is 0. The molecule has 4 aromatic rings. The lowest BCUT2D eigenvalue weighted by molar-refractivity contribution is -0.137. The maximum atomic E-state index is 13.1. The highest BCUT2D eigenvalue weighted by molar-refractivity contribution is 6.37. The number of carboxylic acid groups (broad SMARTS) is 1. The first-order valence-corrected chi connectivity index (χ1v) is 12.8. The minimum atomic E-state index is -4.49. The summed E-state index contributed by atoms with van der Waals surface area (Å²) in [6.45, 7) is 0.278. The van der Waals surface area contributed by atoms with Gasteiger partial charge in [-0.25, -0.2) is 9.59 Å². The van der Waals surface area contributed by atoms with Gasteiger partial charge in [-0.3, -0.25) is 14.6 Å². The number of H-pyrrole nitrogens is 1. The number of ether oxygens (including phenoxy) is 1. The molecule has 1 amide bonds. The van der Waals surface area contributed by atoms with Crippen LogP contribution in [0.5, 0.6) is 11.5 Å². The number of halogens is 5. The predicted octanol–water partition coefficient (Wildman–Crippen LogP) is 4.94. The smallest absolute Gasteiger partial charge is 0.416 e. The van der Waals surface area contributed by atoms with E-state index in [9.17, 15) is 32.3 Å². The van der Waals surface area contributed by atoms with Crippen LogP contribution in [0.2, 0.25) is 10.0 Å². The molecule has 1 aliphatic heterocycles. The Labute approximate surface area is 243 Å². The summed E-state index contributed by atoms with van der Waals surface area (Å²) in [5.41, 5.74) is -2.58. The van der Waals surface area contributed by atoms with E-state index in [1.54, 1.807) is 6.07 Å². The number of alkyl halides is 3. The molecule has 0 bridgehead atoms. The third-order valence-corrected chi connectivity index (χ3v) is 6.91. The third kappa shape index (κ3) is 5.74. The van der Waals surface area contributed by atoms with Gasteiger partial charge in [0.1, 0.15) is 5.75 Å². The fourth-order valence-electron chi connectivity index (χ4n) is 4.39. The number of aromatic nitrogens is 3. The summed E-state index contributed by atoms with van der Waals surface area (Å²) in [6, 6.07) is 11.9. The van der Waals surface area contributed by atoms with Crippen LogP contribution in [0.1, 0.15) is 37.5 Å². The van der Waals surface area contributed by atoms with Gasteiger partial charge in [0.05, 0.1) is 21.3 Å². The van der Waals surface area contributed by atoms with Gasteiger partial charge in [-0.15, -0.1) is 0 Å². The summed E-state index contributed by atoms with van der Waals surface area (Å²) < 4.78 is 45.7. The normalized spacial score (nSPS) is 13.2. The number of nitrogens with zero attached hydrogens (tertiary/aromatic N) is 3. The van der Waals surface area contributed by atoms with Crippen LogP contribution >= 0.6 is 23.2 Å². The predicted molar refractivity (Wildman–Crippen MR) is 144 cm³/mol. The van der Waals surface area contributed by atoms with Crippen LogP contribution in [0.4, 0.5) is 13.2 Å². The minimum absolute atomic E-state index is 0.00808. The first kappa shape index (κ1) is 28.9. The number of benzene rings is 3. The first-order valence-electron chi connectivity index (χ1n) is 12.0. The van der Waals surface area contributed by atoms with Crippen LogP contribution in [0, 0.1) is 0 Å². The number of carbonyl (C=O) groups excluding carboxylic acids is 1. The molecular formula is C27H17Cl2F3N4O6. The average molecular weight is 621 g/mol. The number of rotatable bonds is 6. The molecule has 0 radical (unpaired) electrons. The zero-order valence-corrected chi connectivity index (χ0v) is 22.5. The maximum Gasteiger partial charge on any atom is 0.416 e. The monoisotopic (exact) mass is 620 g/mol. The fourth-order valence-corrected chi connectivity index (χ4v) is 4.95. The molecule has 15 heteroatoms. The number of carbonyl (C=O) groups is 2. The van der Waals surface area contributed by atoms with Gasteiger partial charge in [0.15, 0.2) is 5.75 Å². The molecule has 2 heterocycles. The Morgan fingerprint density at radius 3 is 2.43 bits per heavy atom. The molecule has 216 valence electrons. The van der Waals surface area contributed by atoms with Gasteiger partial charge in [-0.2, -0.15) is 23.0 Å². The Balaban J connectivity index is 1.36. The number of nitrogens with one attached hydrogen (secondary N) is 1. The highest BCUT2D eigenvalue weighted by atomic mass is 35.5. The van der Waals surface area contributed by atoms with Gasteiger partial charge < -0.3 is 14.7 Å². The van der Waals surface area contributed by atoms with Crippen LogP contribution in [-0.2, 0) is 19.1 Å². The van der Waals surface area contributed by atoms with Crippen molar-refractivity contribution in [3.63, 3.8) is 0 Å². The molecule has 0 atom stereocenters. The summed E-state index contributed by atoms with van der Waals surface area (Å²) >= 11 is 12.7. The van der Waals surface area contributed by atoms with E-state index in [0.717, 1.165) is 12.1 Å². The third-order valence-electron chi connectivity index (χ3n) is 6.35. The molecule has 10 nitrogen and oxygen atoms in total. The lowest BCUT2D eigenvalue weighted by Crippen LogP contribution is -2.37. The lowest BCUT2D eigenvalue weighted by atomic mass is 9.98. The Hall–Kier alpha value is -4.62. The lowest BCUT2D eigenvalue weighted by Gasteiger charge is -2.29. The SMILES string of the molecule is O=C(O)c1nn(-c2cc(Cl)c(Oc3ccc4c(c3)CCN(Cc3cccc(C(F)(F)F)c3)C4=O)c(Cl)c2)c(=O)[nH]c1=O. The Kier molecular flexibility index (Phi) is 7.56. The van der Waals surface area contributed by atoms with E-state index >= 15 is 0 Å². The van der Waals surface area contributed by atoms with Crippen LogP contribution < -0.4 is 16.0 Å². The topological polar surface area (TPSA) is 135 Å². The molecular weight excluding hydrogens is 604 g/mol. The number of hydrogen-bond acceptors (Lipinski definition) is 6. The van der Waals surface area contributed by atoms with Crippen LogP contribution in [0.15, 0.2) is 64.2 Å². The van der Waals surface area contributed by atoms with Gasteiger partial charge in [-0.05, 0) is 60.0 Å². The van der Waals surface area contributed by atoms with E-state index in [2.05, 4.69) is 5.10 Å². The number of aromatic carboxylic acids is 1. The van der Waals surface area contributed by atoms with Crippen molar-refractivity contribution in [2.45, 2.75) is 19.1 Å². The number of carboxylic acids is 1. The number of fused-ring (bicyclic) bond motifs is 1. The molecule has 42 heavy (non-hydrogen) atoms. The summed E-state index contributed by atoms with van der Waals surface area (Å²) in [4.78, 5) is 51.6. The van der Waals surface area contributed by atoms with Crippen LogP contribution in [0.25, 0.3) is 5.69 Å². The van der Waals surface area contributed by atoms with Crippen LogP contribution in [-0.4, -0.2) is 43.2 Å². The first-order chi connectivity index (χ1) is 19.8. The van der Waals surface area contributed by atoms with Crippen molar-refractivity contribution >= 4 is 35.1 Å². The van der Waals surface area contributed by atoms with Crippen molar-refractivity contribution in [1.82, 2.24) is 19.7 Å². The quantitative estimate of drug-likeness (QED) is 0.312. The van der Waals surface area contributed by atoms with Gasteiger partial charge in [-0.1, -0.05) is 35.3 Å². The van der Waals surface area contributed by atoms with Gasteiger partial charge in [0, 0.05) is 18.7 Å². The molecule has 0 aliphatic carbocycles. The van der Waals surface area contributed by atoms with E-state index in [0.29, 0.717) is 27.8 Å². The van der Waals surface area contributed by atoms with E-state index in [4.69, 9.17) is 33.0 Å². The Morgan fingerprint density at radius 1 is 1.05 bits per heavy atom. The number of amides is 1.